The number of carboxylic acids is 1. The van der Waals surface area contributed by atoms with E-state index < -0.39 is 5.97 Å². The van der Waals surface area contributed by atoms with Crippen LogP contribution in [-0.4, -0.2) is 35.5 Å². The second-order valence-corrected chi connectivity index (χ2v) is 4.12. The predicted molar refractivity (Wildman–Crippen MR) is 64.8 cm³/mol. The number of rotatable bonds is 5. The molecule has 0 aliphatic carbocycles. The van der Waals surface area contributed by atoms with Crippen LogP contribution in [0.1, 0.15) is 17.5 Å². The Morgan fingerprint density at radius 3 is 2.35 bits per heavy atom. The van der Waals surface area contributed by atoms with Crippen LogP contribution < -0.4 is 0 Å². The van der Waals surface area contributed by atoms with Crippen molar-refractivity contribution < 1.29 is 14.7 Å². The first kappa shape index (κ1) is 13.2. The van der Waals surface area contributed by atoms with Gasteiger partial charge in [-0.3, -0.25) is 9.59 Å². The van der Waals surface area contributed by atoms with Crippen molar-refractivity contribution in [2.45, 2.75) is 19.8 Å². The van der Waals surface area contributed by atoms with Gasteiger partial charge < -0.3 is 10.0 Å². The maximum Gasteiger partial charge on any atom is 0.305 e. The van der Waals surface area contributed by atoms with Crippen LogP contribution in [0.25, 0.3) is 0 Å². The van der Waals surface area contributed by atoms with Gasteiger partial charge in [0.25, 0.3) is 0 Å². The number of aliphatic carboxylic acids is 1. The van der Waals surface area contributed by atoms with E-state index in [2.05, 4.69) is 0 Å². The molecule has 1 amide bonds. The van der Waals surface area contributed by atoms with Crippen LogP contribution in [0, 0.1) is 6.92 Å². The largest absolute Gasteiger partial charge is 0.481 e. The number of amides is 1. The smallest absolute Gasteiger partial charge is 0.305 e. The van der Waals surface area contributed by atoms with Crippen LogP contribution in [0.4, 0.5) is 0 Å². The summed E-state index contributed by atoms with van der Waals surface area (Å²) in [6.07, 6.45) is 0.298. The molecule has 0 atom stereocenters. The van der Waals surface area contributed by atoms with E-state index in [4.69, 9.17) is 5.11 Å². The SMILES string of the molecule is Cc1ccc(CC(=O)N(C)CCC(=O)O)cc1. The highest BCUT2D eigenvalue weighted by atomic mass is 16.4. The molecule has 92 valence electrons. The normalized spacial score (nSPS) is 10.0. The summed E-state index contributed by atoms with van der Waals surface area (Å²) in [7, 11) is 1.62. The summed E-state index contributed by atoms with van der Waals surface area (Å²) >= 11 is 0. The first-order chi connectivity index (χ1) is 7.99. The molecular weight excluding hydrogens is 218 g/mol. The lowest BCUT2D eigenvalue weighted by atomic mass is 10.1. The molecule has 0 bridgehead atoms. The van der Waals surface area contributed by atoms with E-state index >= 15 is 0 Å². The standard InChI is InChI=1S/C13H17NO3/c1-10-3-5-11(6-4-10)9-12(15)14(2)8-7-13(16)17/h3-6H,7-9H2,1-2H3,(H,16,17). The molecule has 1 rings (SSSR count). The van der Waals surface area contributed by atoms with Gasteiger partial charge in [-0.25, -0.2) is 0 Å². The number of nitrogens with zero attached hydrogens (tertiary/aromatic N) is 1. The van der Waals surface area contributed by atoms with E-state index in [1.807, 2.05) is 31.2 Å². The molecule has 0 fully saturated rings. The summed E-state index contributed by atoms with van der Waals surface area (Å²) in [5.41, 5.74) is 2.10. The van der Waals surface area contributed by atoms with Crippen LogP contribution >= 0.6 is 0 Å². The van der Waals surface area contributed by atoms with Crippen molar-refractivity contribution >= 4 is 11.9 Å². The molecule has 17 heavy (non-hydrogen) atoms. The summed E-state index contributed by atoms with van der Waals surface area (Å²) in [5, 5.41) is 8.53. The third-order valence-corrected chi connectivity index (χ3v) is 2.56. The number of likely N-dealkylation sites (N-methyl/N-ethyl adjacent to an activating group) is 1. The molecule has 0 aliphatic heterocycles. The van der Waals surface area contributed by atoms with Crippen molar-refractivity contribution in [1.29, 1.82) is 0 Å². The Balaban J connectivity index is 2.48. The molecular formula is C13H17NO3. The number of benzene rings is 1. The average Bonchev–Trinajstić information content (AvgIpc) is 2.28. The van der Waals surface area contributed by atoms with Crippen molar-refractivity contribution in [2.75, 3.05) is 13.6 Å². The molecule has 0 saturated heterocycles. The van der Waals surface area contributed by atoms with Crippen molar-refractivity contribution in [3.63, 3.8) is 0 Å². The summed E-state index contributed by atoms with van der Waals surface area (Å²) < 4.78 is 0. The molecule has 0 aliphatic rings. The van der Waals surface area contributed by atoms with E-state index in [1.165, 1.54) is 4.90 Å². The lowest BCUT2D eigenvalue weighted by Crippen LogP contribution is -2.30. The van der Waals surface area contributed by atoms with Crippen LogP contribution in [0.3, 0.4) is 0 Å². The van der Waals surface area contributed by atoms with E-state index in [1.54, 1.807) is 7.05 Å². The molecule has 4 heteroatoms. The molecule has 0 aromatic heterocycles. The third-order valence-electron chi connectivity index (χ3n) is 2.56. The molecule has 0 spiro atoms. The number of carboxylic acid groups (broad SMARTS) is 1. The fraction of sp³-hybridized carbons (Fsp3) is 0.385. The summed E-state index contributed by atoms with van der Waals surface area (Å²) in [6.45, 7) is 2.24. The summed E-state index contributed by atoms with van der Waals surface area (Å²) in [5.74, 6) is -0.949. The van der Waals surface area contributed by atoms with E-state index in [0.717, 1.165) is 11.1 Å². The maximum atomic E-state index is 11.7. The van der Waals surface area contributed by atoms with Gasteiger partial charge in [0.2, 0.25) is 5.91 Å². The minimum absolute atomic E-state index is 0.0177. The fourth-order valence-corrected chi connectivity index (χ4v) is 1.40. The topological polar surface area (TPSA) is 57.6 Å². The number of hydrogen-bond donors (Lipinski definition) is 1. The highest BCUT2D eigenvalue weighted by molar-refractivity contribution is 5.79. The van der Waals surface area contributed by atoms with Crippen molar-refractivity contribution in [3.8, 4) is 0 Å². The fourth-order valence-electron chi connectivity index (χ4n) is 1.40. The molecule has 4 nitrogen and oxygen atoms in total. The minimum atomic E-state index is -0.889. The van der Waals surface area contributed by atoms with Crippen molar-refractivity contribution in [2.24, 2.45) is 0 Å². The molecule has 1 aromatic carbocycles. The van der Waals surface area contributed by atoms with E-state index in [0.29, 0.717) is 6.42 Å². The van der Waals surface area contributed by atoms with Crippen molar-refractivity contribution in [3.05, 3.63) is 35.4 Å². The number of carbonyl (C=O) groups is 2. The second kappa shape index (κ2) is 6.03. The van der Waals surface area contributed by atoms with Crippen LogP contribution in [-0.2, 0) is 16.0 Å². The Labute approximate surface area is 101 Å². The van der Waals surface area contributed by atoms with E-state index in [9.17, 15) is 9.59 Å². The van der Waals surface area contributed by atoms with Crippen LogP contribution in [0.15, 0.2) is 24.3 Å². The summed E-state index contributed by atoms with van der Waals surface area (Å²) in [4.78, 5) is 23.6. The van der Waals surface area contributed by atoms with Crippen LogP contribution in [0.2, 0.25) is 0 Å². The first-order valence-corrected chi connectivity index (χ1v) is 5.50. The third kappa shape index (κ3) is 4.68. The Morgan fingerprint density at radius 1 is 1.24 bits per heavy atom. The lowest BCUT2D eigenvalue weighted by Gasteiger charge is -2.15. The molecule has 0 radical (unpaired) electrons. The Bertz CT molecular complexity index is 398. The van der Waals surface area contributed by atoms with Gasteiger partial charge in [-0.05, 0) is 12.5 Å². The highest BCUT2D eigenvalue weighted by Gasteiger charge is 2.10. The maximum absolute atomic E-state index is 11.7. The number of hydrogen-bond acceptors (Lipinski definition) is 2. The Morgan fingerprint density at radius 2 is 1.82 bits per heavy atom. The van der Waals surface area contributed by atoms with E-state index in [-0.39, 0.29) is 18.9 Å². The van der Waals surface area contributed by atoms with Gasteiger partial charge in [0.15, 0.2) is 0 Å². The quantitative estimate of drug-likeness (QED) is 0.840. The summed E-state index contributed by atoms with van der Waals surface area (Å²) in [6, 6.07) is 7.75. The Kier molecular flexibility index (Phi) is 4.69. The highest BCUT2D eigenvalue weighted by Crippen LogP contribution is 2.05. The molecule has 0 unspecified atom stereocenters. The molecule has 0 saturated carbocycles. The van der Waals surface area contributed by atoms with Crippen molar-refractivity contribution in [1.82, 2.24) is 4.90 Å². The zero-order chi connectivity index (χ0) is 12.8. The van der Waals surface area contributed by atoms with Gasteiger partial charge >= 0.3 is 5.97 Å². The van der Waals surface area contributed by atoms with Gasteiger partial charge in [0.05, 0.1) is 12.8 Å². The molecule has 1 aromatic rings. The Hall–Kier alpha value is -1.84. The lowest BCUT2D eigenvalue weighted by molar-refractivity contribution is -0.138. The second-order valence-electron chi connectivity index (χ2n) is 4.12. The van der Waals surface area contributed by atoms with Crippen LogP contribution in [0.5, 0.6) is 0 Å². The predicted octanol–water partition coefficient (Wildman–Crippen LogP) is 1.47. The monoisotopic (exact) mass is 235 g/mol. The minimum Gasteiger partial charge on any atom is -0.481 e. The number of aryl methyl sites for hydroxylation is 1. The van der Waals surface area contributed by atoms with Gasteiger partial charge in [0.1, 0.15) is 0 Å². The van der Waals surface area contributed by atoms with Gasteiger partial charge in [0, 0.05) is 13.6 Å². The van der Waals surface area contributed by atoms with Gasteiger partial charge in [-0.1, -0.05) is 29.8 Å². The number of carbonyl (C=O) groups excluding carboxylic acids is 1. The first-order valence-electron chi connectivity index (χ1n) is 5.50. The van der Waals surface area contributed by atoms with Gasteiger partial charge in [-0.15, -0.1) is 0 Å². The van der Waals surface area contributed by atoms with Gasteiger partial charge in [-0.2, -0.15) is 0 Å². The zero-order valence-corrected chi connectivity index (χ0v) is 10.1. The average molecular weight is 235 g/mol. The molecule has 1 N–H and O–H groups in total. The zero-order valence-electron chi connectivity index (χ0n) is 10.1. The molecule has 0 heterocycles.